The van der Waals surface area contributed by atoms with E-state index in [0.717, 1.165) is 67.4 Å². The Hall–Kier alpha value is -4.93. The topological polar surface area (TPSA) is 106 Å². The van der Waals surface area contributed by atoms with Crippen LogP contribution < -0.4 is 10.8 Å². The maximum atomic E-state index is 14.5. The van der Waals surface area contributed by atoms with Crippen LogP contribution in [0.2, 0.25) is 0 Å². The van der Waals surface area contributed by atoms with Crippen molar-refractivity contribution in [3.8, 4) is 22.3 Å². The van der Waals surface area contributed by atoms with Gasteiger partial charge >= 0.3 is 13.2 Å². The monoisotopic (exact) mass is 870 g/mol. The molecular formula is C55H63BN4O5. The van der Waals surface area contributed by atoms with Crippen LogP contribution in [-0.2, 0) is 44.5 Å². The summed E-state index contributed by atoms with van der Waals surface area (Å²) in [4.78, 5) is 38.0. The van der Waals surface area contributed by atoms with Crippen LogP contribution >= 0.6 is 0 Å². The zero-order valence-electron chi connectivity index (χ0n) is 38.9. The van der Waals surface area contributed by atoms with E-state index in [1.54, 1.807) is 5.56 Å². The molecule has 2 aliphatic heterocycles. The highest BCUT2D eigenvalue weighted by Gasteiger charge is 2.56. The number of hydrogen-bond acceptors (Lipinski definition) is 6. The first-order valence-corrected chi connectivity index (χ1v) is 24.6. The zero-order chi connectivity index (χ0) is 44.5. The van der Waals surface area contributed by atoms with Gasteiger partial charge in [0.1, 0.15) is 11.9 Å². The smallest absolute Gasteiger partial charge is 0.453 e. The van der Waals surface area contributed by atoms with Crippen molar-refractivity contribution in [2.45, 2.75) is 147 Å². The minimum atomic E-state index is -0.859. The second kappa shape index (κ2) is 14.8. The van der Waals surface area contributed by atoms with Gasteiger partial charge in [0, 0.05) is 6.54 Å². The average molecular weight is 871 g/mol. The molecule has 2 unspecified atom stereocenters. The van der Waals surface area contributed by atoms with Gasteiger partial charge in [0.05, 0.1) is 35.4 Å². The molecular weight excluding hydrogens is 807 g/mol. The van der Waals surface area contributed by atoms with Crippen molar-refractivity contribution in [3.63, 3.8) is 0 Å². The van der Waals surface area contributed by atoms with Crippen molar-refractivity contribution in [3.05, 3.63) is 106 Å². The van der Waals surface area contributed by atoms with E-state index in [4.69, 9.17) is 19.0 Å². The van der Waals surface area contributed by atoms with Gasteiger partial charge in [-0.1, -0.05) is 86.3 Å². The minimum absolute atomic E-state index is 0.0967. The number of imidazole rings is 1. The quantitative estimate of drug-likeness (QED) is 0.158. The Labute approximate surface area is 383 Å². The van der Waals surface area contributed by atoms with Crippen LogP contribution in [0, 0.1) is 16.2 Å². The molecule has 3 spiro atoms. The third-order valence-electron chi connectivity index (χ3n) is 17.9. The number of rotatable bonds is 7. The molecule has 0 radical (unpaired) electrons. The highest BCUT2D eigenvalue weighted by atomic mass is 16.7. The number of carbonyl (C=O) groups is 2. The Bertz CT molecular complexity index is 2730. The molecule has 12 rings (SSSR count). The fourth-order valence-corrected chi connectivity index (χ4v) is 13.5. The van der Waals surface area contributed by atoms with Gasteiger partial charge in [-0.15, -0.1) is 0 Å². The molecule has 0 bridgehead atoms. The molecule has 3 heterocycles. The first-order valence-electron chi connectivity index (χ1n) is 24.6. The molecule has 3 saturated carbocycles. The fourth-order valence-electron chi connectivity index (χ4n) is 13.5. The van der Waals surface area contributed by atoms with Gasteiger partial charge in [-0.05, 0) is 182 Å². The molecule has 10 heteroatoms. The maximum absolute atomic E-state index is 14.5. The van der Waals surface area contributed by atoms with E-state index in [1.807, 2.05) is 35.2 Å². The lowest BCUT2D eigenvalue weighted by Gasteiger charge is -2.32. The molecule has 2 amide bonds. The largest absolute Gasteiger partial charge is 0.495 e. The predicted octanol–water partition coefficient (Wildman–Crippen LogP) is 10.7. The number of fused-ring (bicyclic) bond motifs is 3. The molecule has 5 aliphatic carbocycles. The van der Waals surface area contributed by atoms with E-state index in [0.29, 0.717) is 17.4 Å². The summed E-state index contributed by atoms with van der Waals surface area (Å²) in [6.45, 7) is 9.31. The Kier molecular flexibility index (Phi) is 9.44. The highest BCUT2D eigenvalue weighted by molar-refractivity contribution is 6.62. The van der Waals surface area contributed by atoms with Crippen molar-refractivity contribution >= 4 is 35.6 Å². The predicted molar refractivity (Wildman–Crippen MR) is 255 cm³/mol. The van der Waals surface area contributed by atoms with Crippen LogP contribution in [-0.4, -0.2) is 58.8 Å². The number of carbonyl (C=O) groups excluding carboxylic acids is 2. The molecule has 336 valence electrons. The summed E-state index contributed by atoms with van der Waals surface area (Å²) in [7, 11) is 0.977. The third kappa shape index (κ3) is 6.81. The van der Waals surface area contributed by atoms with E-state index in [1.165, 1.54) is 103 Å². The van der Waals surface area contributed by atoms with Gasteiger partial charge in [0.15, 0.2) is 0 Å². The molecule has 2 saturated heterocycles. The minimum Gasteiger partial charge on any atom is -0.453 e. The maximum Gasteiger partial charge on any atom is 0.495 e. The number of amides is 2. The normalized spacial score (nSPS) is 24.0. The number of methoxy groups -OCH3 is 1. The lowest BCUT2D eigenvalue weighted by molar-refractivity contribution is -0.134. The highest BCUT2D eigenvalue weighted by Crippen LogP contribution is 2.59. The summed E-state index contributed by atoms with van der Waals surface area (Å²) in [6, 6.07) is 24.8. The Morgan fingerprint density at radius 2 is 1.32 bits per heavy atom. The zero-order valence-corrected chi connectivity index (χ0v) is 38.9. The van der Waals surface area contributed by atoms with Crippen molar-refractivity contribution in [2.24, 2.45) is 16.2 Å². The van der Waals surface area contributed by atoms with Gasteiger partial charge < -0.3 is 29.2 Å². The molecule has 5 fully saturated rings. The molecule has 1 aromatic heterocycles. The molecule has 65 heavy (non-hydrogen) atoms. The molecule has 4 aromatic carbocycles. The van der Waals surface area contributed by atoms with Crippen molar-refractivity contribution in [1.29, 1.82) is 0 Å². The summed E-state index contributed by atoms with van der Waals surface area (Å²) in [6.07, 6.45) is 17.4. The van der Waals surface area contributed by atoms with Crippen LogP contribution in [0.5, 0.6) is 0 Å². The number of aromatic nitrogens is 2. The van der Waals surface area contributed by atoms with Crippen LogP contribution in [0.4, 0.5) is 4.79 Å². The molecule has 2 N–H and O–H groups in total. The molecule has 9 nitrogen and oxygen atoms in total. The summed E-state index contributed by atoms with van der Waals surface area (Å²) >= 11 is 0. The number of ether oxygens (including phenoxy) is 1. The van der Waals surface area contributed by atoms with Crippen molar-refractivity contribution < 1.29 is 23.6 Å². The van der Waals surface area contributed by atoms with E-state index in [2.05, 4.69) is 80.5 Å². The van der Waals surface area contributed by atoms with Crippen LogP contribution in [0.15, 0.2) is 72.8 Å². The number of alkyl carbamates (subject to hydrolysis) is 1. The average Bonchev–Trinajstić information content (AvgIpc) is 4.03. The van der Waals surface area contributed by atoms with Gasteiger partial charge in [0.25, 0.3) is 5.91 Å². The van der Waals surface area contributed by atoms with Crippen LogP contribution in [0.3, 0.4) is 0 Å². The lowest BCUT2D eigenvalue weighted by atomic mass is 9.73. The van der Waals surface area contributed by atoms with Crippen molar-refractivity contribution in [2.75, 3.05) is 13.7 Å². The van der Waals surface area contributed by atoms with Crippen LogP contribution in [0.25, 0.3) is 33.3 Å². The number of aromatic amines is 1. The summed E-state index contributed by atoms with van der Waals surface area (Å²) in [5.74, 6) is 0.669. The number of benzene rings is 4. The van der Waals surface area contributed by atoms with Gasteiger partial charge in [-0.25, -0.2) is 9.78 Å². The molecule has 2 atom stereocenters. The standard InChI is InChI=1S/C55H63BN4O5/c1-51(2)52(3,4)65-56(64-51)43-19-18-38(41-30-54(31-42(41)43)23-11-12-24-54)37-17-16-36(39-28-53(29-40(37)39)21-9-10-22-53)35-15-20-44-45(27-35)58-48(57-44)46-32-55(25-26-55)33-60(46)49(61)47(59-50(62)63-5)34-13-7-6-8-14-34/h6-8,13-20,27,46-47H,9-12,21-26,28-33H2,1-5H3,(H,57,58)(H,59,62). The number of nitrogens with zero attached hydrogens (tertiary/aromatic N) is 2. The third-order valence-corrected chi connectivity index (χ3v) is 17.9. The SMILES string of the molecule is COC(=O)NC(C(=O)N1CC2(CC2)CC1c1nc2ccc(-c3ccc(-c4ccc(B5OC(C)(C)C(C)(C)O5)c5c4CC4(CCCC4)C5)c4c3CC3(CCCC3)C4)cc2[nH]1)c1ccccc1. The second-order valence-corrected chi connectivity index (χ2v) is 22.5. The Morgan fingerprint density at radius 1 is 0.738 bits per heavy atom. The fraction of sp³-hybridized carbons (Fsp3) is 0.509. The summed E-state index contributed by atoms with van der Waals surface area (Å²) in [5.41, 5.74) is 15.4. The number of hydrogen-bond donors (Lipinski definition) is 2. The number of likely N-dealkylation sites (tertiary alicyclic amines) is 1. The first-order chi connectivity index (χ1) is 31.3. The Morgan fingerprint density at radius 3 is 1.95 bits per heavy atom. The Balaban J connectivity index is 0.909. The van der Waals surface area contributed by atoms with Crippen LogP contribution in [0.1, 0.15) is 144 Å². The van der Waals surface area contributed by atoms with E-state index in [9.17, 15) is 9.59 Å². The summed E-state index contributed by atoms with van der Waals surface area (Å²) in [5, 5.41) is 2.83. The van der Waals surface area contributed by atoms with E-state index < -0.39 is 12.1 Å². The number of nitrogens with one attached hydrogen (secondary N) is 2. The van der Waals surface area contributed by atoms with Gasteiger partial charge in [-0.2, -0.15) is 0 Å². The van der Waals surface area contributed by atoms with Gasteiger partial charge in [-0.3, -0.25) is 4.79 Å². The molecule has 7 aliphatic rings. The number of H-pyrrole nitrogens is 1. The molecule has 5 aromatic rings. The second-order valence-electron chi connectivity index (χ2n) is 22.5. The van der Waals surface area contributed by atoms with Crippen molar-refractivity contribution in [1.82, 2.24) is 20.2 Å². The van der Waals surface area contributed by atoms with E-state index >= 15 is 0 Å². The van der Waals surface area contributed by atoms with E-state index in [-0.39, 0.29) is 35.7 Å². The lowest BCUT2D eigenvalue weighted by Crippen LogP contribution is -2.43. The van der Waals surface area contributed by atoms with Gasteiger partial charge in [0.2, 0.25) is 0 Å². The first kappa shape index (κ1) is 41.5. The summed E-state index contributed by atoms with van der Waals surface area (Å²) < 4.78 is 18.5.